The Hall–Kier alpha value is -3.00. The number of anilines is 1. The number of halogens is 2. The van der Waals surface area contributed by atoms with Crippen molar-refractivity contribution in [1.82, 2.24) is 5.32 Å². The zero-order valence-electron chi connectivity index (χ0n) is 12.8. The number of benzene rings is 2. The minimum Gasteiger partial charge on any atom is -0.347 e. The molecule has 0 fully saturated rings. The lowest BCUT2D eigenvalue weighted by atomic mass is 10.1. The molecule has 2 amide bonds. The second-order valence-electron chi connectivity index (χ2n) is 5.01. The van der Waals surface area contributed by atoms with Gasteiger partial charge in [0, 0.05) is 18.3 Å². The zero-order valence-corrected chi connectivity index (χ0v) is 13.5. The third-order valence-corrected chi connectivity index (χ3v) is 3.54. The summed E-state index contributed by atoms with van der Waals surface area (Å²) in [6.45, 7) is 0.179. The van der Waals surface area contributed by atoms with E-state index in [1.165, 1.54) is 24.3 Å². The molecule has 0 atom stereocenters. The lowest BCUT2D eigenvalue weighted by molar-refractivity contribution is -0.384. The molecule has 0 saturated heterocycles. The first-order valence-corrected chi connectivity index (χ1v) is 7.52. The first-order chi connectivity index (χ1) is 11.9. The molecule has 9 heteroatoms. The molecule has 2 aromatic rings. The van der Waals surface area contributed by atoms with E-state index in [1.54, 1.807) is 12.1 Å². The van der Waals surface area contributed by atoms with Gasteiger partial charge in [0.2, 0.25) is 0 Å². The topological polar surface area (TPSA) is 101 Å². The molecule has 2 aromatic carbocycles. The number of carbonyl (C=O) groups excluding carboxylic acids is 2. The third kappa shape index (κ3) is 5.25. The number of carbonyl (C=O) groups is 2. The number of nitro benzene ring substituents is 1. The average Bonchev–Trinajstić information content (AvgIpc) is 2.58. The number of nitro groups is 1. The number of nitrogens with zero attached hydrogens (tertiary/aromatic N) is 1. The molecule has 0 unspecified atom stereocenters. The molecule has 0 radical (unpaired) electrons. The molecule has 25 heavy (non-hydrogen) atoms. The van der Waals surface area contributed by atoms with Crippen molar-refractivity contribution in [2.24, 2.45) is 0 Å². The van der Waals surface area contributed by atoms with Crippen molar-refractivity contribution in [3.05, 3.63) is 69.0 Å². The van der Waals surface area contributed by atoms with Crippen LogP contribution in [0, 0.1) is 15.9 Å². The van der Waals surface area contributed by atoms with Crippen LogP contribution in [0.1, 0.15) is 5.56 Å². The van der Waals surface area contributed by atoms with E-state index in [0.717, 1.165) is 11.6 Å². The summed E-state index contributed by atoms with van der Waals surface area (Å²) >= 11 is 5.67. The molecule has 0 aliphatic rings. The van der Waals surface area contributed by atoms with Crippen LogP contribution in [0.5, 0.6) is 0 Å². The first-order valence-electron chi connectivity index (χ1n) is 7.14. The SMILES string of the molecule is O=C(NCCc1ccc(F)cc1)C(=O)Nc1ccc(Cl)c([N+](=O)[O-])c1. The average molecular weight is 366 g/mol. The normalized spacial score (nSPS) is 10.2. The van der Waals surface area contributed by atoms with E-state index in [4.69, 9.17) is 11.6 Å². The van der Waals surface area contributed by atoms with E-state index < -0.39 is 16.7 Å². The Morgan fingerprint density at radius 3 is 2.44 bits per heavy atom. The van der Waals surface area contributed by atoms with Crippen LogP contribution in [-0.2, 0) is 16.0 Å². The quantitative estimate of drug-likeness (QED) is 0.483. The van der Waals surface area contributed by atoms with E-state index in [2.05, 4.69) is 10.6 Å². The van der Waals surface area contributed by atoms with Gasteiger partial charge in [0.25, 0.3) is 5.69 Å². The Bertz CT molecular complexity index is 812. The summed E-state index contributed by atoms with van der Waals surface area (Å²) in [5.41, 5.74) is 0.501. The van der Waals surface area contributed by atoms with Gasteiger partial charge in [-0.25, -0.2) is 4.39 Å². The Balaban J connectivity index is 1.88. The van der Waals surface area contributed by atoms with E-state index in [9.17, 15) is 24.1 Å². The Morgan fingerprint density at radius 1 is 1.12 bits per heavy atom. The maximum Gasteiger partial charge on any atom is 0.313 e. The van der Waals surface area contributed by atoms with Gasteiger partial charge >= 0.3 is 11.8 Å². The molecule has 0 bridgehead atoms. The summed E-state index contributed by atoms with van der Waals surface area (Å²) in [4.78, 5) is 33.6. The van der Waals surface area contributed by atoms with Gasteiger partial charge in [0.15, 0.2) is 0 Å². The molecular formula is C16H13ClFN3O4. The fourth-order valence-electron chi connectivity index (χ4n) is 1.97. The standard InChI is InChI=1S/C16H13ClFN3O4/c17-13-6-5-12(9-14(13)21(24)25)20-16(23)15(22)19-8-7-10-1-3-11(18)4-2-10/h1-6,9H,7-8H2,(H,19,22)(H,20,23). The maximum atomic E-state index is 12.8. The van der Waals surface area contributed by atoms with E-state index >= 15 is 0 Å². The van der Waals surface area contributed by atoms with Gasteiger partial charge in [-0.3, -0.25) is 19.7 Å². The summed E-state index contributed by atoms with van der Waals surface area (Å²) in [5.74, 6) is -2.21. The minimum atomic E-state index is -0.962. The van der Waals surface area contributed by atoms with Crippen LogP contribution >= 0.6 is 11.6 Å². The maximum absolute atomic E-state index is 12.8. The second kappa shape index (κ2) is 8.20. The number of hydrogen-bond donors (Lipinski definition) is 2. The van der Waals surface area contributed by atoms with Crippen molar-refractivity contribution in [2.75, 3.05) is 11.9 Å². The van der Waals surface area contributed by atoms with Gasteiger partial charge in [-0.15, -0.1) is 0 Å². The minimum absolute atomic E-state index is 0.0771. The van der Waals surface area contributed by atoms with E-state index in [0.29, 0.717) is 6.42 Å². The zero-order chi connectivity index (χ0) is 18.4. The van der Waals surface area contributed by atoms with Crippen LogP contribution in [0.3, 0.4) is 0 Å². The van der Waals surface area contributed by atoms with Crippen molar-refractivity contribution in [2.45, 2.75) is 6.42 Å². The van der Waals surface area contributed by atoms with Gasteiger partial charge < -0.3 is 10.6 Å². The molecule has 0 saturated carbocycles. The highest BCUT2D eigenvalue weighted by Crippen LogP contribution is 2.27. The second-order valence-corrected chi connectivity index (χ2v) is 5.42. The molecule has 2 N–H and O–H groups in total. The molecule has 0 aliphatic heterocycles. The van der Waals surface area contributed by atoms with E-state index in [1.807, 2.05) is 0 Å². The Kier molecular flexibility index (Phi) is 6.02. The number of amides is 2. The van der Waals surface area contributed by atoms with Crippen molar-refractivity contribution in [1.29, 1.82) is 0 Å². The van der Waals surface area contributed by atoms with Gasteiger partial charge in [-0.05, 0) is 36.2 Å². The summed E-state index contributed by atoms with van der Waals surface area (Å²) in [6.07, 6.45) is 0.422. The highest BCUT2D eigenvalue weighted by molar-refractivity contribution is 6.39. The molecule has 0 spiro atoms. The first kappa shape index (κ1) is 18.3. The van der Waals surface area contributed by atoms with Crippen LogP contribution in [0.4, 0.5) is 15.8 Å². The van der Waals surface area contributed by atoms with Gasteiger partial charge in [-0.2, -0.15) is 0 Å². The van der Waals surface area contributed by atoms with Crippen molar-refractivity contribution < 1.29 is 18.9 Å². The van der Waals surface area contributed by atoms with Gasteiger partial charge in [-0.1, -0.05) is 23.7 Å². The van der Waals surface area contributed by atoms with Crippen molar-refractivity contribution >= 4 is 34.8 Å². The van der Waals surface area contributed by atoms with Crippen LogP contribution in [0.25, 0.3) is 0 Å². The van der Waals surface area contributed by atoms with Crippen LogP contribution in [0.2, 0.25) is 5.02 Å². The lowest BCUT2D eigenvalue weighted by Crippen LogP contribution is -2.36. The molecule has 0 aromatic heterocycles. The molecule has 7 nitrogen and oxygen atoms in total. The number of rotatable bonds is 5. The fraction of sp³-hybridized carbons (Fsp3) is 0.125. The van der Waals surface area contributed by atoms with Crippen LogP contribution < -0.4 is 10.6 Å². The number of nitrogens with one attached hydrogen (secondary N) is 2. The fourth-order valence-corrected chi connectivity index (χ4v) is 2.16. The number of hydrogen-bond acceptors (Lipinski definition) is 4. The summed E-state index contributed by atoms with van der Waals surface area (Å²) in [6, 6.07) is 9.42. The van der Waals surface area contributed by atoms with Gasteiger partial charge in [0.05, 0.1) is 4.92 Å². The molecule has 0 aliphatic carbocycles. The van der Waals surface area contributed by atoms with Crippen LogP contribution in [-0.4, -0.2) is 23.3 Å². The Labute approximate surface area is 146 Å². The third-order valence-electron chi connectivity index (χ3n) is 3.22. The summed E-state index contributed by atoms with van der Waals surface area (Å²) in [5, 5.41) is 15.4. The molecular weight excluding hydrogens is 353 g/mol. The highest BCUT2D eigenvalue weighted by atomic mass is 35.5. The smallest absolute Gasteiger partial charge is 0.313 e. The van der Waals surface area contributed by atoms with E-state index in [-0.39, 0.29) is 28.8 Å². The van der Waals surface area contributed by atoms with Crippen molar-refractivity contribution in [3.63, 3.8) is 0 Å². The Morgan fingerprint density at radius 2 is 1.80 bits per heavy atom. The highest BCUT2D eigenvalue weighted by Gasteiger charge is 2.17. The molecule has 130 valence electrons. The molecule has 0 heterocycles. The lowest BCUT2D eigenvalue weighted by Gasteiger charge is -2.07. The monoisotopic (exact) mass is 365 g/mol. The molecule has 2 rings (SSSR count). The summed E-state index contributed by atoms with van der Waals surface area (Å²) < 4.78 is 12.8. The summed E-state index contributed by atoms with van der Waals surface area (Å²) in [7, 11) is 0. The van der Waals surface area contributed by atoms with Gasteiger partial charge in [0.1, 0.15) is 10.8 Å². The van der Waals surface area contributed by atoms with Crippen LogP contribution in [0.15, 0.2) is 42.5 Å². The predicted octanol–water partition coefficient (Wildman–Crippen LogP) is 2.68. The van der Waals surface area contributed by atoms with Crippen molar-refractivity contribution in [3.8, 4) is 0 Å². The predicted molar refractivity (Wildman–Crippen MR) is 89.8 cm³/mol. The largest absolute Gasteiger partial charge is 0.347 e.